The first-order valence-electron chi connectivity index (χ1n) is 7.29. The van der Waals surface area contributed by atoms with E-state index in [4.69, 9.17) is 10.5 Å². The lowest BCUT2D eigenvalue weighted by Crippen LogP contribution is -2.42. The van der Waals surface area contributed by atoms with Crippen molar-refractivity contribution in [2.75, 3.05) is 6.61 Å². The molecule has 1 aliphatic carbocycles. The van der Waals surface area contributed by atoms with Crippen molar-refractivity contribution in [3.05, 3.63) is 29.8 Å². The fraction of sp³-hybridized carbons (Fsp3) is 0.562. The molecule has 4 nitrogen and oxygen atoms in total. The topological polar surface area (TPSA) is 64.3 Å². The maximum absolute atomic E-state index is 11.8. The summed E-state index contributed by atoms with van der Waals surface area (Å²) < 4.78 is 5.80. The minimum Gasteiger partial charge on any atom is -0.493 e. The smallest absolute Gasteiger partial charge is 0.240 e. The number of hydrogen-bond acceptors (Lipinski definition) is 3. The summed E-state index contributed by atoms with van der Waals surface area (Å²) in [7, 11) is 0. The van der Waals surface area contributed by atoms with E-state index in [1.807, 2.05) is 24.3 Å². The third-order valence-electron chi connectivity index (χ3n) is 3.61. The van der Waals surface area contributed by atoms with Gasteiger partial charge in [-0.1, -0.05) is 32.0 Å². The molecule has 4 heteroatoms. The Bertz CT molecular complexity index is 467. The highest BCUT2D eigenvalue weighted by molar-refractivity contribution is 5.88. The van der Waals surface area contributed by atoms with Gasteiger partial charge in [-0.2, -0.15) is 0 Å². The number of rotatable bonds is 7. The Balaban J connectivity index is 1.88. The number of carbonyl (C=O) groups is 1. The van der Waals surface area contributed by atoms with Crippen molar-refractivity contribution in [3.63, 3.8) is 0 Å². The molecule has 0 aromatic heterocycles. The molecule has 0 saturated heterocycles. The summed E-state index contributed by atoms with van der Waals surface area (Å²) in [6.45, 7) is 5.51. The number of nitrogens with two attached hydrogens (primary N) is 1. The highest BCUT2D eigenvalue weighted by Gasteiger charge is 2.45. The maximum Gasteiger partial charge on any atom is 0.240 e. The van der Waals surface area contributed by atoms with E-state index in [0.29, 0.717) is 19.1 Å². The highest BCUT2D eigenvalue weighted by Crippen LogP contribution is 2.32. The molecule has 3 N–H and O–H groups in total. The van der Waals surface area contributed by atoms with E-state index in [-0.39, 0.29) is 5.91 Å². The Labute approximate surface area is 120 Å². The van der Waals surface area contributed by atoms with Crippen LogP contribution in [0.5, 0.6) is 5.75 Å². The number of benzene rings is 1. The predicted octanol–water partition coefficient (Wildman–Crippen LogP) is 2.22. The Hall–Kier alpha value is -1.55. The zero-order valence-corrected chi connectivity index (χ0v) is 12.3. The van der Waals surface area contributed by atoms with Crippen LogP contribution >= 0.6 is 0 Å². The van der Waals surface area contributed by atoms with Crippen LogP contribution in [0.2, 0.25) is 0 Å². The number of para-hydroxylation sites is 1. The lowest BCUT2D eigenvalue weighted by Gasteiger charge is -2.14. The second kappa shape index (κ2) is 6.27. The summed E-state index contributed by atoms with van der Waals surface area (Å²) in [5.41, 5.74) is 6.24. The first-order valence-corrected chi connectivity index (χ1v) is 7.29. The van der Waals surface area contributed by atoms with Gasteiger partial charge in [0.25, 0.3) is 0 Å². The van der Waals surface area contributed by atoms with Crippen molar-refractivity contribution in [1.29, 1.82) is 0 Å². The van der Waals surface area contributed by atoms with Gasteiger partial charge in [-0.25, -0.2) is 0 Å². The fourth-order valence-electron chi connectivity index (χ4n) is 1.91. The van der Waals surface area contributed by atoms with Gasteiger partial charge in [0.2, 0.25) is 5.91 Å². The fourth-order valence-corrected chi connectivity index (χ4v) is 1.91. The average Bonchev–Trinajstić information content (AvgIpc) is 3.16. The van der Waals surface area contributed by atoms with Gasteiger partial charge in [-0.15, -0.1) is 0 Å². The van der Waals surface area contributed by atoms with E-state index in [2.05, 4.69) is 19.2 Å². The molecule has 0 radical (unpaired) electrons. The molecule has 0 atom stereocenters. The van der Waals surface area contributed by atoms with Crippen LogP contribution in [0.3, 0.4) is 0 Å². The molecule has 1 saturated carbocycles. The van der Waals surface area contributed by atoms with Gasteiger partial charge in [0.05, 0.1) is 12.1 Å². The van der Waals surface area contributed by atoms with Gasteiger partial charge in [-0.3, -0.25) is 4.79 Å². The van der Waals surface area contributed by atoms with E-state index in [0.717, 1.165) is 30.6 Å². The molecule has 0 bridgehead atoms. The summed E-state index contributed by atoms with van der Waals surface area (Å²) in [5.74, 6) is 1.40. The minimum absolute atomic E-state index is 0.0607. The molecule has 1 amide bonds. The van der Waals surface area contributed by atoms with Crippen molar-refractivity contribution >= 4 is 5.91 Å². The van der Waals surface area contributed by atoms with Crippen LogP contribution < -0.4 is 15.8 Å². The maximum atomic E-state index is 11.8. The first-order chi connectivity index (χ1) is 9.51. The summed E-state index contributed by atoms with van der Waals surface area (Å²) in [6.07, 6.45) is 2.59. The molecular formula is C16H24N2O2. The number of amides is 1. The summed E-state index contributed by atoms with van der Waals surface area (Å²) in [6, 6.07) is 7.81. The Morgan fingerprint density at radius 3 is 2.75 bits per heavy atom. The summed E-state index contributed by atoms with van der Waals surface area (Å²) in [5, 5.41) is 2.90. The van der Waals surface area contributed by atoms with Crippen LogP contribution in [0, 0.1) is 5.92 Å². The summed E-state index contributed by atoms with van der Waals surface area (Å²) >= 11 is 0. The van der Waals surface area contributed by atoms with Crippen LogP contribution in [-0.4, -0.2) is 18.1 Å². The Morgan fingerprint density at radius 1 is 1.40 bits per heavy atom. The minimum atomic E-state index is -0.618. The lowest BCUT2D eigenvalue weighted by molar-refractivity contribution is -0.123. The zero-order valence-electron chi connectivity index (χ0n) is 12.3. The molecule has 1 aliphatic rings. The van der Waals surface area contributed by atoms with Crippen LogP contribution in [0.4, 0.5) is 0 Å². The molecule has 1 aromatic carbocycles. The molecule has 0 aliphatic heterocycles. The molecule has 1 fully saturated rings. The van der Waals surface area contributed by atoms with Crippen molar-refractivity contribution in [2.24, 2.45) is 11.7 Å². The van der Waals surface area contributed by atoms with E-state index < -0.39 is 5.54 Å². The van der Waals surface area contributed by atoms with Gasteiger partial charge < -0.3 is 15.8 Å². The van der Waals surface area contributed by atoms with Crippen LogP contribution in [0.15, 0.2) is 24.3 Å². The monoisotopic (exact) mass is 276 g/mol. The second-order valence-electron chi connectivity index (χ2n) is 5.98. The molecule has 1 aromatic rings. The van der Waals surface area contributed by atoms with Crippen molar-refractivity contribution in [1.82, 2.24) is 5.32 Å². The third-order valence-corrected chi connectivity index (χ3v) is 3.61. The van der Waals surface area contributed by atoms with E-state index in [9.17, 15) is 4.79 Å². The quantitative estimate of drug-likeness (QED) is 0.802. The van der Waals surface area contributed by atoms with E-state index >= 15 is 0 Å². The van der Waals surface area contributed by atoms with Gasteiger partial charge >= 0.3 is 0 Å². The van der Waals surface area contributed by atoms with Crippen LogP contribution in [0.25, 0.3) is 0 Å². The molecule has 0 heterocycles. The number of ether oxygens (including phenoxy) is 1. The Kier molecular flexibility index (Phi) is 4.65. The summed E-state index contributed by atoms with van der Waals surface area (Å²) in [4.78, 5) is 11.8. The lowest BCUT2D eigenvalue weighted by atomic mass is 10.1. The molecule has 0 unspecified atom stereocenters. The molecule has 110 valence electrons. The van der Waals surface area contributed by atoms with Crippen LogP contribution in [0.1, 0.15) is 38.7 Å². The number of nitrogens with one attached hydrogen (secondary N) is 1. The first kappa shape index (κ1) is 14.9. The zero-order chi connectivity index (χ0) is 14.6. The molecular weight excluding hydrogens is 252 g/mol. The van der Waals surface area contributed by atoms with Crippen molar-refractivity contribution in [3.8, 4) is 5.75 Å². The molecule has 0 spiro atoms. The number of carbonyl (C=O) groups excluding carboxylic acids is 1. The third kappa shape index (κ3) is 3.97. The van der Waals surface area contributed by atoms with E-state index in [1.54, 1.807) is 0 Å². The van der Waals surface area contributed by atoms with E-state index in [1.165, 1.54) is 0 Å². The van der Waals surface area contributed by atoms with Crippen molar-refractivity contribution in [2.45, 2.75) is 45.2 Å². The standard InChI is InChI=1S/C16H24N2O2/c1-12(2)7-10-20-14-6-4-3-5-13(14)11-18-15(19)16(17)8-9-16/h3-6,12H,7-11,17H2,1-2H3,(H,18,19). The molecule has 20 heavy (non-hydrogen) atoms. The van der Waals surface area contributed by atoms with Gasteiger partial charge in [-0.05, 0) is 31.2 Å². The second-order valence-corrected chi connectivity index (χ2v) is 5.98. The highest BCUT2D eigenvalue weighted by atomic mass is 16.5. The van der Waals surface area contributed by atoms with Crippen molar-refractivity contribution < 1.29 is 9.53 Å². The predicted molar refractivity (Wildman–Crippen MR) is 79.4 cm³/mol. The Morgan fingerprint density at radius 2 is 2.10 bits per heavy atom. The van der Waals surface area contributed by atoms with Gasteiger partial charge in [0.15, 0.2) is 0 Å². The SMILES string of the molecule is CC(C)CCOc1ccccc1CNC(=O)C1(N)CC1. The van der Waals surface area contributed by atoms with Crippen LogP contribution in [-0.2, 0) is 11.3 Å². The largest absolute Gasteiger partial charge is 0.493 e. The van der Waals surface area contributed by atoms with Gasteiger partial charge in [0.1, 0.15) is 5.75 Å². The number of hydrogen-bond donors (Lipinski definition) is 2. The molecule has 2 rings (SSSR count). The van der Waals surface area contributed by atoms with Gasteiger partial charge in [0, 0.05) is 12.1 Å². The normalized spacial score (nSPS) is 16.0. The average molecular weight is 276 g/mol.